The molecule has 2 N–H and O–H groups in total. The van der Waals surface area contributed by atoms with Crippen LogP contribution in [-0.4, -0.2) is 58.0 Å². The van der Waals surface area contributed by atoms with Gasteiger partial charge in [-0.15, -0.1) is 5.10 Å². The third-order valence-corrected chi connectivity index (χ3v) is 5.17. The summed E-state index contributed by atoms with van der Waals surface area (Å²) in [4.78, 5) is 12.9. The van der Waals surface area contributed by atoms with Gasteiger partial charge in [0.05, 0.1) is 25.2 Å². The number of nitrogens with zero attached hydrogens (tertiary/aromatic N) is 4. The molecule has 8 heteroatoms. The zero-order chi connectivity index (χ0) is 16.2. The van der Waals surface area contributed by atoms with E-state index in [1.807, 2.05) is 4.68 Å². The molecule has 2 bridgehead atoms. The van der Waals surface area contributed by atoms with Crippen molar-refractivity contribution in [3.8, 4) is 0 Å². The molecule has 0 saturated carbocycles. The Morgan fingerprint density at radius 3 is 2.78 bits per heavy atom. The molecule has 2 saturated heterocycles. The van der Waals surface area contributed by atoms with E-state index in [-0.39, 0.29) is 5.91 Å². The van der Waals surface area contributed by atoms with Gasteiger partial charge < -0.3 is 15.0 Å². The van der Waals surface area contributed by atoms with Gasteiger partial charge in [0.2, 0.25) is 11.7 Å². The van der Waals surface area contributed by atoms with Gasteiger partial charge in [0.25, 0.3) is 0 Å². The van der Waals surface area contributed by atoms with Crippen LogP contribution in [0.15, 0.2) is 0 Å². The Morgan fingerprint density at radius 2 is 2.13 bits per heavy atom. The number of quaternary nitrogens is 1. The minimum Gasteiger partial charge on any atom is -0.383 e. The third kappa shape index (κ3) is 3.87. The molecule has 0 radical (unpaired) electrons. The average Bonchev–Trinajstić information content (AvgIpc) is 2.92. The molecular formula is C15H27N6O2+. The van der Waals surface area contributed by atoms with E-state index in [2.05, 4.69) is 20.8 Å². The Bertz CT molecular complexity index is 520. The summed E-state index contributed by atoms with van der Waals surface area (Å²) >= 11 is 0. The van der Waals surface area contributed by atoms with E-state index in [1.165, 1.54) is 19.3 Å². The van der Waals surface area contributed by atoms with Gasteiger partial charge >= 0.3 is 0 Å². The van der Waals surface area contributed by atoms with Crippen LogP contribution < -0.4 is 10.2 Å². The van der Waals surface area contributed by atoms with Gasteiger partial charge in [-0.05, 0) is 29.7 Å². The number of hydrogen-bond acceptors (Lipinski definition) is 5. The fourth-order valence-corrected chi connectivity index (χ4v) is 4.21. The SMILES string of the molecule is COCCn1nnnc1C[NH+]1[C@@H]2CCC[C@H]1CC(NC(C)=O)C2. The van der Waals surface area contributed by atoms with Crippen LogP contribution in [-0.2, 0) is 22.6 Å². The highest BCUT2D eigenvalue weighted by Gasteiger charge is 2.42. The number of tetrazole rings is 1. The molecule has 0 aromatic carbocycles. The van der Waals surface area contributed by atoms with Gasteiger partial charge in [0, 0.05) is 32.9 Å². The maximum atomic E-state index is 11.4. The summed E-state index contributed by atoms with van der Waals surface area (Å²) in [6, 6.07) is 1.51. The van der Waals surface area contributed by atoms with Crippen molar-refractivity contribution in [3.63, 3.8) is 0 Å². The first-order valence-corrected chi connectivity index (χ1v) is 8.54. The quantitative estimate of drug-likeness (QED) is 0.696. The van der Waals surface area contributed by atoms with Crippen molar-refractivity contribution in [3.05, 3.63) is 5.82 Å². The molecule has 128 valence electrons. The average molecular weight is 323 g/mol. The van der Waals surface area contributed by atoms with E-state index in [1.54, 1.807) is 18.9 Å². The third-order valence-electron chi connectivity index (χ3n) is 5.17. The molecule has 0 spiro atoms. The second-order valence-corrected chi connectivity index (χ2v) is 6.76. The Hall–Kier alpha value is -1.54. The molecule has 2 aliphatic rings. The lowest BCUT2D eigenvalue weighted by Crippen LogP contribution is -3.20. The van der Waals surface area contributed by atoms with E-state index in [0.717, 1.165) is 25.2 Å². The highest BCUT2D eigenvalue weighted by Crippen LogP contribution is 2.22. The molecule has 3 rings (SSSR count). The van der Waals surface area contributed by atoms with Crippen LogP contribution in [0.3, 0.4) is 0 Å². The largest absolute Gasteiger partial charge is 0.383 e. The molecule has 3 heterocycles. The molecular weight excluding hydrogens is 296 g/mol. The number of nitrogens with one attached hydrogen (secondary N) is 2. The normalized spacial score (nSPS) is 30.2. The lowest BCUT2D eigenvalue weighted by atomic mass is 9.81. The van der Waals surface area contributed by atoms with E-state index in [0.29, 0.717) is 31.3 Å². The zero-order valence-electron chi connectivity index (χ0n) is 14.0. The van der Waals surface area contributed by atoms with Crippen molar-refractivity contribution in [1.82, 2.24) is 25.5 Å². The Kier molecular flexibility index (Phi) is 5.22. The molecule has 8 nitrogen and oxygen atoms in total. The van der Waals surface area contributed by atoms with Crippen molar-refractivity contribution < 1.29 is 14.4 Å². The zero-order valence-corrected chi connectivity index (χ0v) is 14.0. The summed E-state index contributed by atoms with van der Waals surface area (Å²) in [5.74, 6) is 1.02. The molecule has 0 aliphatic carbocycles. The van der Waals surface area contributed by atoms with E-state index >= 15 is 0 Å². The topological polar surface area (TPSA) is 86.4 Å². The van der Waals surface area contributed by atoms with Crippen LogP contribution in [0.1, 0.15) is 44.9 Å². The first-order valence-electron chi connectivity index (χ1n) is 8.54. The number of fused-ring (bicyclic) bond motifs is 2. The highest BCUT2D eigenvalue weighted by atomic mass is 16.5. The number of carbonyl (C=O) groups excluding carboxylic acids is 1. The van der Waals surface area contributed by atoms with E-state index in [9.17, 15) is 4.79 Å². The maximum absolute atomic E-state index is 11.4. The van der Waals surface area contributed by atoms with Gasteiger partial charge in [0.15, 0.2) is 0 Å². The van der Waals surface area contributed by atoms with Crippen molar-refractivity contribution in [2.75, 3.05) is 13.7 Å². The second-order valence-electron chi connectivity index (χ2n) is 6.76. The molecule has 1 aromatic heterocycles. The highest BCUT2D eigenvalue weighted by molar-refractivity contribution is 5.73. The Labute approximate surface area is 136 Å². The summed E-state index contributed by atoms with van der Waals surface area (Å²) in [5, 5.41) is 15.2. The number of piperidine rings is 2. The summed E-state index contributed by atoms with van der Waals surface area (Å²) in [5.41, 5.74) is 0. The van der Waals surface area contributed by atoms with Crippen LogP contribution in [0.5, 0.6) is 0 Å². The number of amides is 1. The van der Waals surface area contributed by atoms with Crippen LogP contribution in [0, 0.1) is 0 Å². The summed E-state index contributed by atoms with van der Waals surface area (Å²) in [6.45, 7) is 3.78. The van der Waals surface area contributed by atoms with Gasteiger partial charge in [0.1, 0.15) is 6.54 Å². The van der Waals surface area contributed by atoms with Crippen molar-refractivity contribution in [2.45, 2.75) is 70.2 Å². The molecule has 1 amide bonds. The molecule has 23 heavy (non-hydrogen) atoms. The fourth-order valence-electron chi connectivity index (χ4n) is 4.21. The summed E-state index contributed by atoms with van der Waals surface area (Å²) in [6.07, 6.45) is 5.86. The predicted octanol–water partition coefficient (Wildman–Crippen LogP) is -1.08. The Balaban J connectivity index is 1.66. The van der Waals surface area contributed by atoms with Gasteiger partial charge in [-0.2, -0.15) is 0 Å². The van der Waals surface area contributed by atoms with Crippen molar-refractivity contribution >= 4 is 5.91 Å². The lowest BCUT2D eigenvalue weighted by molar-refractivity contribution is -0.974. The molecule has 2 aliphatic heterocycles. The van der Waals surface area contributed by atoms with E-state index in [4.69, 9.17) is 4.74 Å². The Morgan fingerprint density at radius 1 is 1.39 bits per heavy atom. The minimum atomic E-state index is 0.0834. The van der Waals surface area contributed by atoms with Crippen molar-refractivity contribution in [1.29, 1.82) is 0 Å². The summed E-state index contributed by atoms with van der Waals surface area (Å²) < 4.78 is 6.98. The standard InChI is InChI=1S/C15H26N6O2/c1-11(22)16-12-8-13-4-3-5-14(9-12)20(13)10-15-17-18-19-21(15)6-7-23-2/h12-14H,3-10H2,1-2H3,(H,16,22)/p+1/t12?,13-,14+. The molecule has 1 aromatic rings. The van der Waals surface area contributed by atoms with Gasteiger partial charge in [-0.1, -0.05) is 0 Å². The number of methoxy groups -OCH3 is 1. The number of rotatable bonds is 6. The number of ether oxygens (including phenoxy) is 1. The van der Waals surface area contributed by atoms with Gasteiger partial charge in [-0.25, -0.2) is 4.68 Å². The number of carbonyl (C=O) groups is 1. The van der Waals surface area contributed by atoms with Crippen LogP contribution >= 0.6 is 0 Å². The van der Waals surface area contributed by atoms with Crippen LogP contribution in [0.4, 0.5) is 0 Å². The molecule has 4 atom stereocenters. The lowest BCUT2D eigenvalue weighted by Gasteiger charge is -2.45. The number of aromatic nitrogens is 4. The number of hydrogen-bond donors (Lipinski definition) is 2. The van der Waals surface area contributed by atoms with Gasteiger partial charge in [-0.3, -0.25) is 4.79 Å². The second kappa shape index (κ2) is 7.35. The predicted molar refractivity (Wildman–Crippen MR) is 82.6 cm³/mol. The van der Waals surface area contributed by atoms with Crippen LogP contribution in [0.25, 0.3) is 0 Å². The van der Waals surface area contributed by atoms with Crippen molar-refractivity contribution in [2.24, 2.45) is 0 Å². The first-order chi connectivity index (χ1) is 11.2. The minimum absolute atomic E-state index is 0.0834. The molecule has 2 fully saturated rings. The summed E-state index contributed by atoms with van der Waals surface area (Å²) in [7, 11) is 1.69. The maximum Gasteiger partial charge on any atom is 0.217 e. The monoisotopic (exact) mass is 323 g/mol. The first kappa shape index (κ1) is 16.3. The smallest absolute Gasteiger partial charge is 0.217 e. The fraction of sp³-hybridized carbons (Fsp3) is 0.867. The molecule has 2 unspecified atom stereocenters. The van der Waals surface area contributed by atoms with Crippen LogP contribution in [0.2, 0.25) is 0 Å². The van der Waals surface area contributed by atoms with E-state index < -0.39 is 0 Å².